The zero-order valence-corrected chi connectivity index (χ0v) is 7.85. The van der Waals surface area contributed by atoms with E-state index in [9.17, 15) is 4.21 Å². The summed E-state index contributed by atoms with van der Waals surface area (Å²) in [5, 5.41) is 0. The minimum atomic E-state index is -1.47. The van der Waals surface area contributed by atoms with E-state index in [1.165, 1.54) is 25.7 Å². The van der Waals surface area contributed by atoms with Gasteiger partial charge in [-0.3, -0.25) is 8.37 Å². The summed E-state index contributed by atoms with van der Waals surface area (Å²) < 4.78 is 20.9. The Morgan fingerprint density at radius 2 is 1.50 bits per heavy atom. The second-order valence-electron chi connectivity index (χ2n) is 3.58. The summed E-state index contributed by atoms with van der Waals surface area (Å²) in [6.45, 7) is 1.24. The molecule has 0 amide bonds. The lowest BCUT2D eigenvalue weighted by Crippen LogP contribution is -2.24. The molecule has 12 heavy (non-hydrogen) atoms. The molecule has 2 aliphatic rings. The van der Waals surface area contributed by atoms with E-state index < -0.39 is 11.4 Å². The van der Waals surface area contributed by atoms with Crippen LogP contribution in [0.15, 0.2) is 0 Å². The highest BCUT2D eigenvalue weighted by atomic mass is 32.2. The monoisotopic (exact) mass is 190 g/mol. The summed E-state index contributed by atoms with van der Waals surface area (Å²) in [7, 11) is 0. The number of hydrogen-bond acceptors (Lipinski definition) is 3. The van der Waals surface area contributed by atoms with E-state index >= 15 is 0 Å². The van der Waals surface area contributed by atoms with Gasteiger partial charge in [-0.25, -0.2) is 0 Å². The minimum Gasteiger partial charge on any atom is -0.268 e. The van der Waals surface area contributed by atoms with Gasteiger partial charge in [0.05, 0.1) is 13.2 Å². The molecule has 0 radical (unpaired) electrons. The molecular weight excluding hydrogens is 176 g/mol. The average Bonchev–Trinajstić information content (AvgIpc) is 2.29. The van der Waals surface area contributed by atoms with Crippen molar-refractivity contribution in [1.82, 2.24) is 0 Å². The lowest BCUT2D eigenvalue weighted by Gasteiger charge is -2.27. The van der Waals surface area contributed by atoms with Gasteiger partial charge in [0.15, 0.2) is 0 Å². The highest BCUT2D eigenvalue weighted by Gasteiger charge is 2.29. The molecule has 0 N–H and O–H groups in total. The molecule has 2 atom stereocenters. The van der Waals surface area contributed by atoms with Gasteiger partial charge < -0.3 is 0 Å². The largest absolute Gasteiger partial charge is 0.304 e. The summed E-state index contributed by atoms with van der Waals surface area (Å²) in [5.41, 5.74) is 0. The molecule has 1 aliphatic heterocycles. The van der Waals surface area contributed by atoms with Crippen molar-refractivity contribution >= 4 is 11.4 Å². The van der Waals surface area contributed by atoms with Crippen LogP contribution in [-0.4, -0.2) is 17.4 Å². The van der Waals surface area contributed by atoms with Gasteiger partial charge in [-0.15, -0.1) is 0 Å². The topological polar surface area (TPSA) is 35.5 Å². The Hall–Kier alpha value is 0.0700. The Morgan fingerprint density at radius 1 is 1.00 bits per heavy atom. The normalized spacial score (nSPS) is 38.7. The second kappa shape index (κ2) is 3.85. The van der Waals surface area contributed by atoms with Gasteiger partial charge in [-0.2, -0.15) is 4.21 Å². The zero-order valence-electron chi connectivity index (χ0n) is 7.03. The van der Waals surface area contributed by atoms with Crippen LogP contribution in [0.1, 0.15) is 25.7 Å². The third kappa shape index (κ3) is 1.87. The zero-order chi connectivity index (χ0) is 8.39. The van der Waals surface area contributed by atoms with Gasteiger partial charge in [0, 0.05) is 0 Å². The molecule has 0 spiro atoms. The first kappa shape index (κ1) is 8.66. The third-order valence-corrected chi connectivity index (χ3v) is 3.48. The number of fused-ring (bicyclic) bond motifs is 1. The quantitative estimate of drug-likeness (QED) is 0.579. The maximum absolute atomic E-state index is 10.9. The van der Waals surface area contributed by atoms with Gasteiger partial charge in [-0.05, 0) is 24.7 Å². The van der Waals surface area contributed by atoms with Crippen LogP contribution in [0.4, 0.5) is 0 Å². The molecule has 3 nitrogen and oxygen atoms in total. The first-order chi connectivity index (χ1) is 5.86. The van der Waals surface area contributed by atoms with Gasteiger partial charge >= 0.3 is 11.4 Å². The molecule has 4 heteroatoms. The lowest BCUT2D eigenvalue weighted by atomic mass is 9.80. The molecule has 0 bridgehead atoms. The van der Waals surface area contributed by atoms with Crippen LogP contribution in [0, 0.1) is 11.8 Å². The SMILES string of the molecule is O=S1OC[C@@H]2CCCC[C@H]2CO1. The summed E-state index contributed by atoms with van der Waals surface area (Å²) >= 11 is -1.47. The molecule has 1 saturated carbocycles. The fraction of sp³-hybridized carbons (Fsp3) is 1.00. The van der Waals surface area contributed by atoms with Crippen molar-refractivity contribution in [2.45, 2.75) is 25.7 Å². The van der Waals surface area contributed by atoms with E-state index in [1.807, 2.05) is 0 Å². The molecule has 70 valence electrons. The van der Waals surface area contributed by atoms with E-state index in [0.717, 1.165) is 0 Å². The van der Waals surface area contributed by atoms with Gasteiger partial charge in [0.2, 0.25) is 0 Å². The van der Waals surface area contributed by atoms with Crippen LogP contribution >= 0.6 is 0 Å². The van der Waals surface area contributed by atoms with Crippen LogP contribution in [0.2, 0.25) is 0 Å². The third-order valence-electron chi connectivity index (χ3n) is 2.82. The van der Waals surface area contributed by atoms with E-state index in [0.29, 0.717) is 25.0 Å². The summed E-state index contributed by atoms with van der Waals surface area (Å²) in [5.74, 6) is 1.18. The van der Waals surface area contributed by atoms with Crippen molar-refractivity contribution < 1.29 is 12.6 Å². The van der Waals surface area contributed by atoms with Crippen molar-refractivity contribution in [3.8, 4) is 0 Å². The Bertz CT molecular complexity index is 165. The first-order valence-electron chi connectivity index (χ1n) is 4.54. The highest BCUT2D eigenvalue weighted by Crippen LogP contribution is 2.32. The lowest BCUT2D eigenvalue weighted by molar-refractivity contribution is 0.156. The van der Waals surface area contributed by atoms with Crippen molar-refractivity contribution in [3.05, 3.63) is 0 Å². The molecular formula is C8H14O3S. The van der Waals surface area contributed by atoms with E-state index in [4.69, 9.17) is 8.37 Å². The Morgan fingerprint density at radius 3 is 2.00 bits per heavy atom. The molecule has 1 saturated heterocycles. The molecule has 0 aromatic carbocycles. The second-order valence-corrected chi connectivity index (χ2v) is 4.46. The molecule has 1 aliphatic carbocycles. The smallest absolute Gasteiger partial charge is 0.268 e. The van der Waals surface area contributed by atoms with Crippen molar-refractivity contribution in [1.29, 1.82) is 0 Å². The van der Waals surface area contributed by atoms with Crippen LogP contribution in [-0.2, 0) is 19.7 Å². The Balaban J connectivity index is 1.98. The predicted molar refractivity (Wildman–Crippen MR) is 45.5 cm³/mol. The first-order valence-corrected chi connectivity index (χ1v) is 5.54. The maximum atomic E-state index is 10.9. The number of rotatable bonds is 0. The predicted octanol–water partition coefficient (Wildman–Crippen LogP) is 1.42. The van der Waals surface area contributed by atoms with Crippen LogP contribution in [0.3, 0.4) is 0 Å². The highest BCUT2D eigenvalue weighted by molar-refractivity contribution is 7.75. The van der Waals surface area contributed by atoms with E-state index in [-0.39, 0.29) is 0 Å². The average molecular weight is 190 g/mol. The molecule has 0 aromatic heterocycles. The van der Waals surface area contributed by atoms with E-state index in [2.05, 4.69) is 0 Å². The van der Waals surface area contributed by atoms with Crippen LogP contribution in [0.25, 0.3) is 0 Å². The van der Waals surface area contributed by atoms with Gasteiger partial charge in [-0.1, -0.05) is 12.8 Å². The van der Waals surface area contributed by atoms with Crippen molar-refractivity contribution in [2.75, 3.05) is 13.2 Å². The molecule has 0 aromatic rings. The fourth-order valence-electron chi connectivity index (χ4n) is 2.04. The van der Waals surface area contributed by atoms with Crippen LogP contribution in [0.5, 0.6) is 0 Å². The maximum Gasteiger partial charge on any atom is 0.304 e. The molecule has 2 rings (SSSR count). The molecule has 0 unspecified atom stereocenters. The van der Waals surface area contributed by atoms with Gasteiger partial charge in [0.1, 0.15) is 0 Å². The molecule has 1 heterocycles. The summed E-state index contributed by atoms with van der Waals surface area (Å²) in [4.78, 5) is 0. The molecule has 2 fully saturated rings. The Labute approximate surface area is 75.3 Å². The van der Waals surface area contributed by atoms with Crippen molar-refractivity contribution in [2.24, 2.45) is 11.8 Å². The van der Waals surface area contributed by atoms with Crippen LogP contribution < -0.4 is 0 Å². The van der Waals surface area contributed by atoms with Crippen molar-refractivity contribution in [3.63, 3.8) is 0 Å². The summed E-state index contributed by atoms with van der Waals surface area (Å²) in [6, 6.07) is 0. The van der Waals surface area contributed by atoms with E-state index in [1.54, 1.807) is 0 Å². The minimum absolute atomic E-state index is 0.588. The standard InChI is InChI=1S/C8H14O3S/c9-12-10-5-7-3-1-2-4-8(7)6-11-12/h7-8H,1-6H2/t7-,8-/m0/s1. The number of hydrogen-bond donors (Lipinski definition) is 0. The fourth-order valence-corrected chi connectivity index (χ4v) is 2.68. The van der Waals surface area contributed by atoms with Gasteiger partial charge in [0.25, 0.3) is 0 Å². The summed E-state index contributed by atoms with van der Waals surface area (Å²) in [6.07, 6.45) is 5.00. The Kier molecular flexibility index (Phi) is 2.78.